The van der Waals surface area contributed by atoms with Crippen molar-refractivity contribution >= 4 is 18.0 Å². The van der Waals surface area contributed by atoms with Crippen molar-refractivity contribution in [1.29, 1.82) is 0 Å². The smallest absolute Gasteiger partial charge is 0.335 e. The number of ether oxygens (including phenoxy) is 1. The number of aromatic hydroxyl groups is 2. The summed E-state index contributed by atoms with van der Waals surface area (Å²) in [5.74, 6) is -3.49. The van der Waals surface area contributed by atoms with Crippen LogP contribution in [0.5, 0.6) is 11.5 Å². The van der Waals surface area contributed by atoms with Gasteiger partial charge in [0.2, 0.25) is 0 Å². The number of carbonyl (C=O) groups excluding carboxylic acids is 1. The molecule has 0 radical (unpaired) electrons. The van der Waals surface area contributed by atoms with Crippen LogP contribution in [0.3, 0.4) is 0 Å². The maximum Gasteiger partial charge on any atom is 0.335 e. The molecular weight excluding hydrogens is 312 g/mol. The zero-order valence-electron chi connectivity index (χ0n) is 11.8. The number of aliphatic carboxylic acids is 1. The van der Waals surface area contributed by atoms with Gasteiger partial charge in [0.1, 0.15) is 6.61 Å². The maximum atomic E-state index is 11.5. The van der Waals surface area contributed by atoms with Gasteiger partial charge >= 0.3 is 11.9 Å². The van der Waals surface area contributed by atoms with E-state index in [1.807, 2.05) is 0 Å². The lowest BCUT2D eigenvalue weighted by Crippen LogP contribution is -2.53. The number of rotatable bonds is 7. The van der Waals surface area contributed by atoms with Crippen molar-refractivity contribution in [3.05, 3.63) is 29.8 Å². The van der Waals surface area contributed by atoms with E-state index in [0.717, 1.165) is 6.08 Å². The number of hydrogen-bond acceptors (Lipinski definition) is 8. The number of phenols is 2. The quantitative estimate of drug-likeness (QED) is 0.205. The van der Waals surface area contributed by atoms with E-state index in [-0.39, 0.29) is 11.5 Å². The number of carbonyl (C=O) groups is 2. The highest BCUT2D eigenvalue weighted by molar-refractivity contribution is 5.87. The summed E-state index contributed by atoms with van der Waals surface area (Å²) in [5.41, 5.74) is -2.17. The number of aliphatic hydroxyl groups excluding tert-OH is 2. The van der Waals surface area contributed by atoms with Crippen LogP contribution in [-0.2, 0) is 14.3 Å². The van der Waals surface area contributed by atoms with E-state index in [0.29, 0.717) is 5.56 Å². The Hall–Kier alpha value is -2.62. The van der Waals surface area contributed by atoms with Crippen LogP contribution in [0.15, 0.2) is 24.3 Å². The lowest BCUT2D eigenvalue weighted by molar-refractivity contribution is -0.182. The van der Waals surface area contributed by atoms with Crippen LogP contribution < -0.4 is 0 Å². The van der Waals surface area contributed by atoms with Gasteiger partial charge in [0.25, 0.3) is 0 Å². The summed E-state index contributed by atoms with van der Waals surface area (Å²) in [4.78, 5) is 22.1. The minimum absolute atomic E-state index is 0.333. The first-order valence-corrected chi connectivity index (χ1v) is 6.30. The van der Waals surface area contributed by atoms with Crippen LogP contribution in [0.2, 0.25) is 0 Å². The molecule has 0 aliphatic rings. The van der Waals surface area contributed by atoms with E-state index in [2.05, 4.69) is 4.74 Å². The first-order chi connectivity index (χ1) is 10.7. The molecule has 9 heteroatoms. The third kappa shape index (κ3) is 4.95. The third-order valence-corrected chi connectivity index (χ3v) is 2.89. The largest absolute Gasteiger partial charge is 0.504 e. The SMILES string of the molecule is O=C(/C=C/c1ccc(O)c(O)c1)OC[C@](O)(CO)[C@@H](O)C(=O)O. The predicted molar refractivity (Wildman–Crippen MR) is 75.4 cm³/mol. The van der Waals surface area contributed by atoms with Crippen LogP contribution in [0.4, 0.5) is 0 Å². The Balaban J connectivity index is 2.67. The van der Waals surface area contributed by atoms with Gasteiger partial charge in [0, 0.05) is 6.08 Å². The molecule has 1 rings (SSSR count). The van der Waals surface area contributed by atoms with Crippen molar-refractivity contribution in [3.8, 4) is 11.5 Å². The van der Waals surface area contributed by atoms with E-state index in [1.54, 1.807) is 0 Å². The molecule has 1 aromatic rings. The van der Waals surface area contributed by atoms with Crippen molar-refractivity contribution < 1.29 is 45.0 Å². The highest BCUT2D eigenvalue weighted by Crippen LogP contribution is 2.25. The molecule has 0 spiro atoms. The van der Waals surface area contributed by atoms with Gasteiger partial charge in [-0.25, -0.2) is 9.59 Å². The maximum absolute atomic E-state index is 11.5. The Kier molecular flexibility index (Phi) is 6.08. The van der Waals surface area contributed by atoms with Gasteiger partial charge in [-0.1, -0.05) is 6.07 Å². The van der Waals surface area contributed by atoms with Crippen LogP contribution in [0, 0.1) is 0 Å². The minimum atomic E-state index is -2.54. The summed E-state index contributed by atoms with van der Waals surface area (Å²) in [6, 6.07) is 3.78. The molecule has 0 aliphatic heterocycles. The van der Waals surface area contributed by atoms with Crippen molar-refractivity contribution in [2.45, 2.75) is 11.7 Å². The average molecular weight is 328 g/mol. The molecule has 1 aromatic carbocycles. The van der Waals surface area contributed by atoms with Crippen molar-refractivity contribution in [2.75, 3.05) is 13.2 Å². The highest BCUT2D eigenvalue weighted by atomic mass is 16.5. The van der Waals surface area contributed by atoms with Gasteiger partial charge in [-0.3, -0.25) is 0 Å². The number of phenolic OH excluding ortho intramolecular Hbond substituents is 2. The predicted octanol–water partition coefficient (Wildman–Crippen LogP) is -1.18. The normalized spacial score (nSPS) is 15.1. The molecule has 2 atom stereocenters. The van der Waals surface area contributed by atoms with Crippen LogP contribution >= 0.6 is 0 Å². The second-order valence-corrected chi connectivity index (χ2v) is 4.69. The molecule has 126 valence electrons. The topological polar surface area (TPSA) is 165 Å². The molecule has 0 saturated carbocycles. The summed E-state index contributed by atoms with van der Waals surface area (Å²) in [6.45, 7) is -2.08. The fourth-order valence-corrected chi connectivity index (χ4v) is 1.49. The number of hydrogen-bond donors (Lipinski definition) is 6. The standard InChI is InChI=1S/C14H16O9/c15-6-14(22,12(19)13(20)21)7-23-11(18)4-2-8-1-3-9(16)10(17)5-8/h1-5,12,15-17,19,22H,6-7H2,(H,20,21)/b4-2+/t12-,14+/m0/s1. The Morgan fingerprint density at radius 3 is 2.43 bits per heavy atom. The first-order valence-electron chi connectivity index (χ1n) is 6.30. The Morgan fingerprint density at radius 1 is 1.26 bits per heavy atom. The summed E-state index contributed by atoms with van der Waals surface area (Å²) < 4.78 is 4.57. The molecule has 0 heterocycles. The summed E-state index contributed by atoms with van der Waals surface area (Å²) >= 11 is 0. The summed E-state index contributed by atoms with van der Waals surface area (Å²) in [7, 11) is 0. The van der Waals surface area contributed by atoms with E-state index >= 15 is 0 Å². The molecule has 0 amide bonds. The zero-order chi connectivity index (χ0) is 17.6. The fraction of sp³-hybridized carbons (Fsp3) is 0.286. The summed E-state index contributed by atoms with van der Waals surface area (Å²) in [5, 5.41) is 54.9. The molecule has 23 heavy (non-hydrogen) atoms. The lowest BCUT2D eigenvalue weighted by atomic mass is 9.99. The van der Waals surface area contributed by atoms with Gasteiger partial charge in [-0.15, -0.1) is 0 Å². The molecular formula is C14H16O9. The molecule has 0 fully saturated rings. The second-order valence-electron chi connectivity index (χ2n) is 4.69. The molecule has 0 aliphatic carbocycles. The Labute approximate surface area is 130 Å². The Morgan fingerprint density at radius 2 is 1.91 bits per heavy atom. The lowest BCUT2D eigenvalue weighted by Gasteiger charge is -2.27. The second kappa shape index (κ2) is 7.58. The number of carboxylic acids is 1. The third-order valence-electron chi connectivity index (χ3n) is 2.89. The van der Waals surface area contributed by atoms with Crippen molar-refractivity contribution in [3.63, 3.8) is 0 Å². The molecule has 0 aromatic heterocycles. The van der Waals surface area contributed by atoms with Gasteiger partial charge in [0.15, 0.2) is 23.2 Å². The number of aliphatic hydroxyl groups is 3. The van der Waals surface area contributed by atoms with Crippen molar-refractivity contribution in [2.24, 2.45) is 0 Å². The molecule has 0 saturated heterocycles. The molecule has 6 N–H and O–H groups in total. The van der Waals surface area contributed by atoms with E-state index < -0.39 is 36.9 Å². The zero-order valence-corrected chi connectivity index (χ0v) is 11.8. The van der Waals surface area contributed by atoms with Gasteiger partial charge in [-0.2, -0.15) is 0 Å². The van der Waals surface area contributed by atoms with E-state index in [4.69, 9.17) is 15.3 Å². The monoisotopic (exact) mass is 328 g/mol. The minimum Gasteiger partial charge on any atom is -0.504 e. The van der Waals surface area contributed by atoms with Crippen LogP contribution in [-0.4, -0.2) is 67.5 Å². The number of esters is 1. The Bertz CT molecular complexity index is 610. The number of benzene rings is 1. The number of carboxylic acid groups (broad SMARTS) is 1. The highest BCUT2D eigenvalue weighted by Gasteiger charge is 2.41. The van der Waals surface area contributed by atoms with Crippen molar-refractivity contribution in [1.82, 2.24) is 0 Å². The average Bonchev–Trinajstić information content (AvgIpc) is 2.52. The van der Waals surface area contributed by atoms with Gasteiger partial charge in [0.05, 0.1) is 6.61 Å². The van der Waals surface area contributed by atoms with Gasteiger partial charge < -0.3 is 35.4 Å². The molecule has 9 nitrogen and oxygen atoms in total. The van der Waals surface area contributed by atoms with Gasteiger partial charge in [-0.05, 0) is 23.8 Å². The first kappa shape index (κ1) is 18.4. The van der Waals surface area contributed by atoms with E-state index in [1.165, 1.54) is 24.3 Å². The molecule has 0 bridgehead atoms. The summed E-state index contributed by atoms with van der Waals surface area (Å²) in [6.07, 6.45) is -0.192. The fourth-order valence-electron chi connectivity index (χ4n) is 1.49. The van der Waals surface area contributed by atoms with Crippen LogP contribution in [0.25, 0.3) is 6.08 Å². The van der Waals surface area contributed by atoms with Crippen LogP contribution in [0.1, 0.15) is 5.56 Å². The molecule has 0 unspecified atom stereocenters. The van der Waals surface area contributed by atoms with E-state index in [9.17, 15) is 24.9 Å².